The molecule has 1 unspecified atom stereocenters. The minimum Gasteiger partial charge on any atom is -0.383 e. The lowest BCUT2D eigenvalue weighted by Crippen LogP contribution is -2.37. The number of amidine groups is 1. The van der Waals surface area contributed by atoms with Crippen molar-refractivity contribution in [3.8, 4) is 0 Å². The number of nitrogens with one attached hydrogen (secondary N) is 2. The average molecular weight is 237 g/mol. The van der Waals surface area contributed by atoms with Crippen molar-refractivity contribution in [2.24, 2.45) is 16.5 Å². The first kappa shape index (κ1) is 13.2. The standard InChI is InChI=1S/C11H19N5O/c1-15-8-4-2-3-5-9(8)16-6-7(10(12)13)11(14)17/h6,9,16H,2-5H2,1H3,(H3,12,13)(H2,14,17)/b7-6+,15-8?. The van der Waals surface area contributed by atoms with Crippen LogP contribution in [0.3, 0.4) is 0 Å². The number of nitrogens with zero attached hydrogens (tertiary/aromatic N) is 1. The summed E-state index contributed by atoms with van der Waals surface area (Å²) in [7, 11) is 1.76. The van der Waals surface area contributed by atoms with Crippen molar-refractivity contribution < 1.29 is 4.79 Å². The maximum atomic E-state index is 11.0. The molecule has 0 heterocycles. The Morgan fingerprint density at radius 3 is 2.76 bits per heavy atom. The van der Waals surface area contributed by atoms with E-state index in [2.05, 4.69) is 10.3 Å². The van der Waals surface area contributed by atoms with Gasteiger partial charge in [-0.15, -0.1) is 0 Å². The molecule has 1 rings (SSSR count). The van der Waals surface area contributed by atoms with E-state index < -0.39 is 5.91 Å². The van der Waals surface area contributed by atoms with E-state index in [0.717, 1.165) is 31.4 Å². The summed E-state index contributed by atoms with van der Waals surface area (Å²) in [5.41, 5.74) is 11.5. The van der Waals surface area contributed by atoms with Crippen LogP contribution in [0.1, 0.15) is 25.7 Å². The first-order valence-electron chi connectivity index (χ1n) is 5.62. The summed E-state index contributed by atoms with van der Waals surface area (Å²) in [6.45, 7) is 0. The summed E-state index contributed by atoms with van der Waals surface area (Å²) in [5, 5.41) is 10.3. The number of hydrogen-bond donors (Lipinski definition) is 4. The van der Waals surface area contributed by atoms with Gasteiger partial charge in [0.1, 0.15) is 5.84 Å². The van der Waals surface area contributed by atoms with Gasteiger partial charge < -0.3 is 16.8 Å². The van der Waals surface area contributed by atoms with Crippen molar-refractivity contribution in [2.75, 3.05) is 7.05 Å². The molecule has 0 radical (unpaired) electrons. The van der Waals surface area contributed by atoms with Gasteiger partial charge in [0.25, 0.3) is 5.91 Å². The van der Waals surface area contributed by atoms with Gasteiger partial charge in [0.2, 0.25) is 0 Å². The summed E-state index contributed by atoms with van der Waals surface area (Å²) >= 11 is 0. The Bertz CT molecular complexity index is 356. The maximum absolute atomic E-state index is 11.0. The molecule has 17 heavy (non-hydrogen) atoms. The lowest BCUT2D eigenvalue weighted by molar-refractivity contribution is -0.114. The number of carbonyl (C=O) groups excluding carboxylic acids is 1. The van der Waals surface area contributed by atoms with Crippen LogP contribution in [0.15, 0.2) is 16.8 Å². The lowest BCUT2D eigenvalue weighted by atomic mass is 9.93. The van der Waals surface area contributed by atoms with E-state index in [0.29, 0.717) is 0 Å². The number of aliphatic imine (C=N–C) groups is 1. The van der Waals surface area contributed by atoms with E-state index >= 15 is 0 Å². The molecular formula is C11H19N5O. The van der Waals surface area contributed by atoms with E-state index in [1.54, 1.807) is 7.05 Å². The molecule has 0 aromatic heterocycles. The first-order chi connectivity index (χ1) is 8.06. The molecule has 0 aliphatic heterocycles. The Morgan fingerprint density at radius 1 is 1.53 bits per heavy atom. The first-order valence-corrected chi connectivity index (χ1v) is 5.62. The lowest BCUT2D eigenvalue weighted by Gasteiger charge is -2.24. The molecule has 0 aromatic carbocycles. The highest BCUT2D eigenvalue weighted by atomic mass is 16.1. The van der Waals surface area contributed by atoms with Gasteiger partial charge in [-0.05, 0) is 19.3 Å². The van der Waals surface area contributed by atoms with Gasteiger partial charge in [-0.3, -0.25) is 15.2 Å². The Hall–Kier alpha value is -1.85. The quantitative estimate of drug-likeness (QED) is 0.310. The Balaban J connectivity index is 2.73. The number of carbonyl (C=O) groups is 1. The van der Waals surface area contributed by atoms with Gasteiger partial charge in [0.05, 0.1) is 11.6 Å². The molecule has 1 amide bonds. The average Bonchev–Trinajstić information content (AvgIpc) is 2.29. The fourth-order valence-corrected chi connectivity index (χ4v) is 1.91. The number of rotatable bonds is 4. The topological polar surface area (TPSA) is 117 Å². The van der Waals surface area contributed by atoms with Crippen molar-refractivity contribution in [1.82, 2.24) is 5.32 Å². The van der Waals surface area contributed by atoms with E-state index in [9.17, 15) is 4.79 Å². The second-order valence-corrected chi connectivity index (χ2v) is 4.02. The van der Waals surface area contributed by atoms with Crippen LogP contribution in [0.5, 0.6) is 0 Å². The fourth-order valence-electron chi connectivity index (χ4n) is 1.91. The predicted molar refractivity (Wildman–Crippen MR) is 67.9 cm³/mol. The summed E-state index contributed by atoms with van der Waals surface area (Å²) < 4.78 is 0. The molecule has 94 valence electrons. The van der Waals surface area contributed by atoms with Crippen LogP contribution >= 0.6 is 0 Å². The molecule has 1 aliphatic rings. The summed E-state index contributed by atoms with van der Waals surface area (Å²) in [4.78, 5) is 15.2. The van der Waals surface area contributed by atoms with Crippen molar-refractivity contribution in [2.45, 2.75) is 31.7 Å². The molecule has 0 bridgehead atoms. The number of nitrogens with two attached hydrogens (primary N) is 2. The SMILES string of the molecule is CN=C1CCCCC1N/C=C(\C(=N)N)C(N)=O. The van der Waals surface area contributed by atoms with Gasteiger partial charge in [0, 0.05) is 19.0 Å². The minimum absolute atomic E-state index is 0.00558. The minimum atomic E-state index is -0.698. The molecule has 6 nitrogen and oxygen atoms in total. The smallest absolute Gasteiger partial charge is 0.253 e. The normalized spacial score (nSPS) is 23.5. The number of hydrogen-bond acceptors (Lipinski definition) is 4. The Kier molecular flexibility index (Phi) is 4.68. The van der Waals surface area contributed by atoms with Crippen molar-refractivity contribution in [3.63, 3.8) is 0 Å². The molecule has 0 spiro atoms. The highest BCUT2D eigenvalue weighted by molar-refractivity contribution is 6.18. The van der Waals surface area contributed by atoms with E-state index in [1.807, 2.05) is 0 Å². The predicted octanol–water partition coefficient (Wildman–Crippen LogP) is -0.105. The van der Waals surface area contributed by atoms with E-state index in [4.69, 9.17) is 16.9 Å². The van der Waals surface area contributed by atoms with Crippen LogP contribution in [0.4, 0.5) is 0 Å². The monoisotopic (exact) mass is 237 g/mol. The molecule has 1 fully saturated rings. The number of amides is 1. The molecule has 6 heteroatoms. The van der Waals surface area contributed by atoms with E-state index in [1.165, 1.54) is 6.20 Å². The fraction of sp³-hybridized carbons (Fsp3) is 0.545. The zero-order chi connectivity index (χ0) is 12.8. The van der Waals surface area contributed by atoms with Gasteiger partial charge in [-0.2, -0.15) is 0 Å². The van der Waals surface area contributed by atoms with Gasteiger partial charge in [0.15, 0.2) is 0 Å². The third-order valence-electron chi connectivity index (χ3n) is 2.85. The largest absolute Gasteiger partial charge is 0.383 e. The molecular weight excluding hydrogens is 218 g/mol. The highest BCUT2D eigenvalue weighted by Crippen LogP contribution is 2.15. The molecule has 0 saturated heterocycles. The van der Waals surface area contributed by atoms with Gasteiger partial charge in [-0.1, -0.05) is 6.42 Å². The van der Waals surface area contributed by atoms with Crippen molar-refractivity contribution in [3.05, 3.63) is 11.8 Å². The van der Waals surface area contributed by atoms with Crippen LogP contribution in [0.25, 0.3) is 0 Å². The Labute approximate surface area is 101 Å². The van der Waals surface area contributed by atoms with Crippen molar-refractivity contribution >= 4 is 17.5 Å². The van der Waals surface area contributed by atoms with Crippen LogP contribution in [-0.2, 0) is 4.79 Å². The maximum Gasteiger partial charge on any atom is 0.253 e. The Morgan fingerprint density at radius 2 is 2.24 bits per heavy atom. The summed E-state index contributed by atoms with van der Waals surface area (Å²) in [6.07, 6.45) is 5.62. The molecule has 1 atom stereocenters. The second kappa shape index (κ2) is 6.03. The van der Waals surface area contributed by atoms with Crippen LogP contribution < -0.4 is 16.8 Å². The zero-order valence-electron chi connectivity index (χ0n) is 9.99. The molecule has 0 aromatic rings. The van der Waals surface area contributed by atoms with Gasteiger partial charge in [-0.25, -0.2) is 0 Å². The number of primary amides is 1. The summed E-state index contributed by atoms with van der Waals surface area (Å²) in [5.74, 6) is -1.02. The van der Waals surface area contributed by atoms with Crippen LogP contribution in [0.2, 0.25) is 0 Å². The van der Waals surface area contributed by atoms with Crippen LogP contribution in [-0.4, -0.2) is 30.5 Å². The summed E-state index contributed by atoms with van der Waals surface area (Å²) in [6, 6.07) is 0.113. The van der Waals surface area contributed by atoms with Gasteiger partial charge >= 0.3 is 0 Å². The van der Waals surface area contributed by atoms with Crippen LogP contribution in [0, 0.1) is 5.41 Å². The third kappa shape index (κ3) is 3.58. The molecule has 1 aliphatic carbocycles. The third-order valence-corrected chi connectivity index (χ3v) is 2.85. The molecule has 6 N–H and O–H groups in total. The van der Waals surface area contributed by atoms with E-state index in [-0.39, 0.29) is 17.5 Å². The second-order valence-electron chi connectivity index (χ2n) is 4.02. The zero-order valence-corrected chi connectivity index (χ0v) is 9.99. The molecule has 1 saturated carbocycles. The highest BCUT2D eigenvalue weighted by Gasteiger charge is 2.19. The van der Waals surface area contributed by atoms with Crippen molar-refractivity contribution in [1.29, 1.82) is 5.41 Å².